The van der Waals surface area contributed by atoms with Gasteiger partial charge in [0.05, 0.1) is 6.04 Å². The molecule has 0 aliphatic rings. The van der Waals surface area contributed by atoms with Crippen molar-refractivity contribution >= 4 is 11.3 Å². The van der Waals surface area contributed by atoms with Crippen LogP contribution in [0.15, 0.2) is 29.0 Å². The third-order valence-corrected chi connectivity index (χ3v) is 3.36. The highest BCUT2D eigenvalue weighted by atomic mass is 32.1. The molecule has 0 radical (unpaired) electrons. The van der Waals surface area contributed by atoms with Crippen molar-refractivity contribution in [1.82, 2.24) is 5.43 Å². The molecule has 1 unspecified atom stereocenters. The second-order valence-corrected chi connectivity index (χ2v) is 4.63. The summed E-state index contributed by atoms with van der Waals surface area (Å²) < 4.78 is 39.1. The van der Waals surface area contributed by atoms with Gasteiger partial charge in [0.2, 0.25) is 0 Å². The maximum atomic E-state index is 13.1. The summed E-state index contributed by atoms with van der Waals surface area (Å²) in [5.74, 6) is 1.48. The van der Waals surface area contributed by atoms with Crippen molar-refractivity contribution < 1.29 is 13.2 Å². The molecule has 6 heteroatoms. The molecule has 2 rings (SSSR count). The van der Waals surface area contributed by atoms with E-state index < -0.39 is 23.5 Å². The van der Waals surface area contributed by atoms with E-state index in [1.165, 1.54) is 11.3 Å². The van der Waals surface area contributed by atoms with Crippen LogP contribution in [0.5, 0.6) is 0 Å². The summed E-state index contributed by atoms with van der Waals surface area (Å²) in [5, 5.41) is 3.81. The molecular formula is C12H11F3N2S. The van der Waals surface area contributed by atoms with Crippen LogP contribution >= 0.6 is 11.3 Å². The van der Waals surface area contributed by atoms with Gasteiger partial charge in [0.1, 0.15) is 0 Å². The van der Waals surface area contributed by atoms with Gasteiger partial charge in [-0.25, -0.2) is 13.2 Å². The van der Waals surface area contributed by atoms with E-state index in [0.717, 1.165) is 17.7 Å². The van der Waals surface area contributed by atoms with E-state index >= 15 is 0 Å². The third kappa shape index (κ3) is 2.72. The smallest absolute Gasteiger partial charge is 0.194 e. The second-order valence-electron chi connectivity index (χ2n) is 3.85. The minimum absolute atomic E-state index is 0.278. The van der Waals surface area contributed by atoms with Crippen molar-refractivity contribution in [2.24, 2.45) is 5.84 Å². The number of hydrazine groups is 1. The van der Waals surface area contributed by atoms with Crippen LogP contribution in [0.2, 0.25) is 0 Å². The van der Waals surface area contributed by atoms with Crippen LogP contribution in [0.1, 0.15) is 17.2 Å². The Bertz CT molecular complexity index is 505. The minimum Gasteiger partial charge on any atom is -0.271 e. The fourth-order valence-electron chi connectivity index (χ4n) is 1.69. The predicted molar refractivity (Wildman–Crippen MR) is 64.4 cm³/mol. The molecule has 0 amide bonds. The van der Waals surface area contributed by atoms with Crippen LogP contribution in [-0.4, -0.2) is 0 Å². The standard InChI is InChI=1S/C12H11F3N2S/c13-9-4-8(5-10(14)12(9)15)11(17-16)3-7-1-2-18-6-7/h1-2,4-6,11,17H,3,16H2. The Morgan fingerprint density at radius 2 is 1.89 bits per heavy atom. The Morgan fingerprint density at radius 3 is 2.39 bits per heavy atom. The normalized spacial score (nSPS) is 12.7. The van der Waals surface area contributed by atoms with Crippen molar-refractivity contribution in [3.8, 4) is 0 Å². The van der Waals surface area contributed by atoms with Crippen molar-refractivity contribution in [3.05, 3.63) is 57.5 Å². The molecule has 2 nitrogen and oxygen atoms in total. The fourth-order valence-corrected chi connectivity index (χ4v) is 2.38. The Morgan fingerprint density at radius 1 is 1.22 bits per heavy atom. The maximum Gasteiger partial charge on any atom is 0.194 e. The molecule has 18 heavy (non-hydrogen) atoms. The number of nitrogens with two attached hydrogens (primary N) is 1. The molecule has 0 spiro atoms. The van der Waals surface area contributed by atoms with E-state index in [1.807, 2.05) is 16.8 Å². The second kappa shape index (κ2) is 5.51. The van der Waals surface area contributed by atoms with Crippen molar-refractivity contribution in [3.63, 3.8) is 0 Å². The van der Waals surface area contributed by atoms with E-state index in [4.69, 9.17) is 5.84 Å². The van der Waals surface area contributed by atoms with Gasteiger partial charge in [-0.15, -0.1) is 0 Å². The van der Waals surface area contributed by atoms with Gasteiger partial charge in [0.25, 0.3) is 0 Å². The summed E-state index contributed by atoms with van der Waals surface area (Å²) in [5.41, 5.74) is 3.75. The molecule has 3 N–H and O–H groups in total. The molecule has 96 valence electrons. The Labute approximate surface area is 106 Å². The highest BCUT2D eigenvalue weighted by Gasteiger charge is 2.17. The fraction of sp³-hybridized carbons (Fsp3) is 0.167. The lowest BCUT2D eigenvalue weighted by atomic mass is 10.0. The zero-order valence-corrected chi connectivity index (χ0v) is 10.1. The van der Waals surface area contributed by atoms with Crippen molar-refractivity contribution in [2.45, 2.75) is 12.5 Å². The van der Waals surface area contributed by atoms with Crippen molar-refractivity contribution in [1.29, 1.82) is 0 Å². The zero-order valence-electron chi connectivity index (χ0n) is 9.29. The van der Waals surface area contributed by atoms with Crippen LogP contribution in [-0.2, 0) is 6.42 Å². The Kier molecular flexibility index (Phi) is 4.00. The molecule has 1 atom stereocenters. The average Bonchev–Trinajstić information content (AvgIpc) is 2.85. The van der Waals surface area contributed by atoms with Gasteiger partial charge in [-0.3, -0.25) is 11.3 Å². The van der Waals surface area contributed by atoms with Gasteiger partial charge in [-0.2, -0.15) is 11.3 Å². The first kappa shape index (κ1) is 13.1. The van der Waals surface area contributed by atoms with E-state index in [-0.39, 0.29) is 5.56 Å². The first-order chi connectivity index (χ1) is 8.61. The Hall–Kier alpha value is -1.37. The number of nitrogens with one attached hydrogen (secondary N) is 1. The van der Waals surface area contributed by atoms with Gasteiger partial charge in [-0.1, -0.05) is 0 Å². The molecule has 0 bridgehead atoms. The summed E-state index contributed by atoms with van der Waals surface area (Å²) in [7, 11) is 0. The number of thiophene rings is 1. The van der Waals surface area contributed by atoms with Crippen LogP contribution in [0, 0.1) is 17.5 Å². The van der Waals surface area contributed by atoms with Crippen LogP contribution in [0.25, 0.3) is 0 Å². The quantitative estimate of drug-likeness (QED) is 0.510. The SMILES string of the molecule is NNC(Cc1ccsc1)c1cc(F)c(F)c(F)c1. The van der Waals surface area contributed by atoms with E-state index in [0.29, 0.717) is 6.42 Å². The molecule has 1 aromatic heterocycles. The van der Waals surface area contributed by atoms with Crippen LogP contribution in [0.4, 0.5) is 13.2 Å². The number of rotatable bonds is 4. The average molecular weight is 272 g/mol. The molecule has 2 aromatic rings. The molecule has 1 aromatic carbocycles. The lowest BCUT2D eigenvalue weighted by Crippen LogP contribution is -2.29. The lowest BCUT2D eigenvalue weighted by molar-refractivity contribution is 0.439. The van der Waals surface area contributed by atoms with Crippen LogP contribution in [0.3, 0.4) is 0 Å². The molecule has 1 heterocycles. The Balaban J connectivity index is 2.27. The lowest BCUT2D eigenvalue weighted by Gasteiger charge is -2.16. The number of hydrogen-bond acceptors (Lipinski definition) is 3. The minimum atomic E-state index is -1.47. The molecule has 0 fully saturated rings. The molecule has 0 saturated heterocycles. The summed E-state index contributed by atoms with van der Waals surface area (Å²) in [6.07, 6.45) is 0.477. The number of hydrogen-bond donors (Lipinski definition) is 2. The maximum absolute atomic E-state index is 13.1. The summed E-state index contributed by atoms with van der Waals surface area (Å²) in [6, 6.07) is 3.33. The topological polar surface area (TPSA) is 38.0 Å². The van der Waals surface area contributed by atoms with Gasteiger partial charge >= 0.3 is 0 Å². The molecular weight excluding hydrogens is 261 g/mol. The molecule has 0 aliphatic carbocycles. The number of halogens is 3. The first-order valence-corrected chi connectivity index (χ1v) is 6.17. The highest BCUT2D eigenvalue weighted by molar-refractivity contribution is 7.07. The predicted octanol–water partition coefficient (Wildman–Crippen LogP) is 2.91. The summed E-state index contributed by atoms with van der Waals surface area (Å²) in [6.45, 7) is 0. The van der Waals surface area contributed by atoms with E-state index in [1.54, 1.807) is 0 Å². The monoisotopic (exact) mass is 272 g/mol. The van der Waals surface area contributed by atoms with Gasteiger partial charge in [0.15, 0.2) is 17.5 Å². The van der Waals surface area contributed by atoms with Crippen molar-refractivity contribution in [2.75, 3.05) is 0 Å². The van der Waals surface area contributed by atoms with E-state index in [9.17, 15) is 13.2 Å². The summed E-state index contributed by atoms with van der Waals surface area (Å²) in [4.78, 5) is 0. The van der Waals surface area contributed by atoms with Crippen LogP contribution < -0.4 is 11.3 Å². The first-order valence-electron chi connectivity index (χ1n) is 5.23. The van der Waals surface area contributed by atoms with Gasteiger partial charge in [-0.05, 0) is 46.5 Å². The van der Waals surface area contributed by atoms with E-state index in [2.05, 4.69) is 5.43 Å². The zero-order chi connectivity index (χ0) is 13.1. The van der Waals surface area contributed by atoms with Gasteiger partial charge < -0.3 is 0 Å². The van der Waals surface area contributed by atoms with Gasteiger partial charge in [0, 0.05) is 0 Å². The molecule has 0 aliphatic heterocycles. The summed E-state index contributed by atoms with van der Waals surface area (Å²) >= 11 is 1.52. The molecule has 0 saturated carbocycles. The highest BCUT2D eigenvalue weighted by Crippen LogP contribution is 2.22. The third-order valence-electron chi connectivity index (χ3n) is 2.63. The number of benzene rings is 1. The largest absolute Gasteiger partial charge is 0.271 e.